The number of hydrogen-bond donors (Lipinski definition) is 3. The van der Waals surface area contributed by atoms with Crippen LogP contribution >= 0.6 is 27.5 Å². The maximum Gasteiger partial charge on any atom is 0.347 e. The lowest BCUT2D eigenvalue weighted by molar-refractivity contribution is 0.232. The van der Waals surface area contributed by atoms with Gasteiger partial charge in [-0.15, -0.1) is 0 Å². The second-order valence-electron chi connectivity index (χ2n) is 4.68. The van der Waals surface area contributed by atoms with Gasteiger partial charge in [-0.3, -0.25) is 4.98 Å². The molecule has 1 unspecified atom stereocenters. The fourth-order valence-corrected chi connectivity index (χ4v) is 2.60. The monoisotopic (exact) mass is 371 g/mol. The van der Waals surface area contributed by atoms with Crippen LogP contribution in [0.3, 0.4) is 0 Å². The van der Waals surface area contributed by atoms with E-state index in [9.17, 15) is 9.90 Å². The molecule has 112 valence electrons. The van der Waals surface area contributed by atoms with E-state index in [1.165, 1.54) is 6.07 Å². The zero-order chi connectivity index (χ0) is 15.2. The molecule has 1 atom stereocenters. The molecule has 0 aliphatic rings. The molecule has 0 bridgehead atoms. The van der Waals surface area contributed by atoms with Gasteiger partial charge >= 0.3 is 5.69 Å². The number of aliphatic hydroxyl groups excluding tert-OH is 1. The molecule has 2 aromatic rings. The van der Waals surface area contributed by atoms with Crippen molar-refractivity contribution in [2.24, 2.45) is 5.92 Å². The van der Waals surface area contributed by atoms with Crippen LogP contribution in [0.15, 0.2) is 39.6 Å². The molecule has 0 aliphatic carbocycles. The Morgan fingerprint density at radius 1 is 1.43 bits per heavy atom. The van der Waals surface area contributed by atoms with Gasteiger partial charge < -0.3 is 10.4 Å². The fraction of sp³-hybridized carbons (Fsp3) is 0.286. The number of aromatic amines is 1. The van der Waals surface area contributed by atoms with Crippen molar-refractivity contribution in [2.45, 2.75) is 6.42 Å². The van der Waals surface area contributed by atoms with Crippen LogP contribution in [0, 0.1) is 5.92 Å². The molecule has 0 amide bonds. The van der Waals surface area contributed by atoms with Gasteiger partial charge in [-0.05, 0) is 24.1 Å². The molecule has 0 saturated heterocycles. The van der Waals surface area contributed by atoms with E-state index in [1.807, 2.05) is 24.3 Å². The first-order valence-electron chi connectivity index (χ1n) is 6.43. The summed E-state index contributed by atoms with van der Waals surface area (Å²) in [6.45, 7) is 0.534. The van der Waals surface area contributed by atoms with E-state index in [4.69, 9.17) is 11.6 Å². The molecule has 2 rings (SSSR count). The number of rotatable bonds is 6. The highest BCUT2D eigenvalue weighted by Crippen LogP contribution is 2.16. The summed E-state index contributed by atoms with van der Waals surface area (Å²) >= 11 is 9.18. The summed E-state index contributed by atoms with van der Waals surface area (Å²) < 4.78 is 1.01. The Kier molecular flexibility index (Phi) is 5.78. The fourth-order valence-electron chi connectivity index (χ4n) is 1.97. The van der Waals surface area contributed by atoms with Crippen molar-refractivity contribution < 1.29 is 5.11 Å². The first kappa shape index (κ1) is 16.0. The molecule has 1 heterocycles. The zero-order valence-corrected chi connectivity index (χ0v) is 13.5. The average Bonchev–Trinajstić information content (AvgIpc) is 2.42. The second kappa shape index (κ2) is 7.59. The van der Waals surface area contributed by atoms with Crippen molar-refractivity contribution in [2.75, 3.05) is 18.5 Å². The number of aromatic nitrogens is 2. The quantitative estimate of drug-likeness (QED) is 0.681. The summed E-state index contributed by atoms with van der Waals surface area (Å²) in [6.07, 6.45) is 0.722. The van der Waals surface area contributed by atoms with Crippen LogP contribution in [0.5, 0.6) is 0 Å². The molecule has 0 aliphatic heterocycles. The number of aliphatic hydroxyl groups is 1. The van der Waals surface area contributed by atoms with Crippen LogP contribution in [0.25, 0.3) is 0 Å². The van der Waals surface area contributed by atoms with E-state index in [0.29, 0.717) is 12.4 Å². The molecular weight excluding hydrogens is 358 g/mol. The van der Waals surface area contributed by atoms with Crippen LogP contribution in [0.1, 0.15) is 5.56 Å². The van der Waals surface area contributed by atoms with Crippen molar-refractivity contribution in [3.05, 3.63) is 56.0 Å². The highest BCUT2D eigenvalue weighted by atomic mass is 79.9. The van der Waals surface area contributed by atoms with Crippen LogP contribution < -0.4 is 11.0 Å². The summed E-state index contributed by atoms with van der Waals surface area (Å²) in [6, 6.07) is 9.48. The third-order valence-electron chi connectivity index (χ3n) is 2.96. The van der Waals surface area contributed by atoms with Crippen molar-refractivity contribution in [3.63, 3.8) is 0 Å². The predicted molar refractivity (Wildman–Crippen MR) is 86.8 cm³/mol. The number of halogens is 2. The van der Waals surface area contributed by atoms with E-state index < -0.39 is 5.69 Å². The van der Waals surface area contributed by atoms with Crippen LogP contribution in [-0.2, 0) is 6.42 Å². The smallest absolute Gasteiger partial charge is 0.347 e. The van der Waals surface area contributed by atoms with Crippen LogP contribution in [-0.4, -0.2) is 28.2 Å². The van der Waals surface area contributed by atoms with Gasteiger partial charge in [0.15, 0.2) is 0 Å². The number of anilines is 1. The SMILES string of the molecule is O=c1nc(NCC(CO)Cc2cccc(Br)c2)cc(Cl)[nH]1. The average molecular weight is 373 g/mol. The first-order chi connectivity index (χ1) is 10.1. The van der Waals surface area contributed by atoms with E-state index >= 15 is 0 Å². The second-order valence-corrected chi connectivity index (χ2v) is 6.01. The molecule has 21 heavy (non-hydrogen) atoms. The van der Waals surface area contributed by atoms with E-state index in [1.54, 1.807) is 0 Å². The van der Waals surface area contributed by atoms with Gasteiger partial charge in [0.05, 0.1) is 0 Å². The van der Waals surface area contributed by atoms with Gasteiger partial charge in [0.25, 0.3) is 0 Å². The van der Waals surface area contributed by atoms with Crippen molar-refractivity contribution in [1.82, 2.24) is 9.97 Å². The minimum Gasteiger partial charge on any atom is -0.396 e. The molecule has 3 N–H and O–H groups in total. The lowest BCUT2D eigenvalue weighted by atomic mass is 10.00. The molecule has 0 saturated carbocycles. The Balaban J connectivity index is 1.97. The van der Waals surface area contributed by atoms with Crippen LogP contribution in [0.4, 0.5) is 5.82 Å². The molecule has 1 aromatic heterocycles. The molecule has 7 heteroatoms. The van der Waals surface area contributed by atoms with Crippen molar-refractivity contribution in [3.8, 4) is 0 Å². The summed E-state index contributed by atoms with van der Waals surface area (Å²) in [7, 11) is 0. The molecule has 0 fully saturated rings. The van der Waals surface area contributed by atoms with Gasteiger partial charge in [0, 0.05) is 29.6 Å². The summed E-state index contributed by atoms with van der Waals surface area (Å²) in [5.41, 5.74) is 0.625. The van der Waals surface area contributed by atoms with E-state index in [2.05, 4.69) is 31.2 Å². The third-order valence-corrected chi connectivity index (χ3v) is 3.65. The van der Waals surface area contributed by atoms with E-state index in [-0.39, 0.29) is 17.7 Å². The summed E-state index contributed by atoms with van der Waals surface area (Å²) in [4.78, 5) is 17.3. The normalized spacial score (nSPS) is 12.1. The Morgan fingerprint density at radius 2 is 2.24 bits per heavy atom. The highest BCUT2D eigenvalue weighted by Gasteiger charge is 2.10. The number of nitrogens with one attached hydrogen (secondary N) is 2. The minimum absolute atomic E-state index is 0.0131. The van der Waals surface area contributed by atoms with Gasteiger partial charge in [-0.2, -0.15) is 4.98 Å². The lowest BCUT2D eigenvalue weighted by Gasteiger charge is -2.15. The summed E-state index contributed by atoms with van der Waals surface area (Å²) in [5, 5.41) is 12.7. The Bertz CT molecular complexity index is 663. The van der Waals surface area contributed by atoms with Gasteiger partial charge in [-0.1, -0.05) is 39.7 Å². The number of H-pyrrole nitrogens is 1. The Hall–Kier alpha value is -1.37. The van der Waals surface area contributed by atoms with Crippen molar-refractivity contribution in [1.29, 1.82) is 0 Å². The van der Waals surface area contributed by atoms with Gasteiger partial charge in [0.2, 0.25) is 0 Å². The maximum absolute atomic E-state index is 11.2. The standard InChI is InChI=1S/C14H15BrClN3O2/c15-11-3-1-2-9(5-11)4-10(8-20)7-17-13-6-12(16)18-14(21)19-13/h1-3,5-6,10,20H,4,7-8H2,(H2,17,18,19,21). The molecule has 5 nitrogen and oxygen atoms in total. The van der Waals surface area contributed by atoms with Gasteiger partial charge in [0.1, 0.15) is 11.0 Å². The topological polar surface area (TPSA) is 78.0 Å². The summed E-state index contributed by atoms with van der Waals surface area (Å²) in [5.74, 6) is 0.413. The van der Waals surface area contributed by atoms with Crippen molar-refractivity contribution >= 4 is 33.3 Å². The van der Waals surface area contributed by atoms with Gasteiger partial charge in [-0.25, -0.2) is 4.79 Å². The number of hydrogen-bond acceptors (Lipinski definition) is 4. The Morgan fingerprint density at radius 3 is 2.90 bits per heavy atom. The number of benzene rings is 1. The predicted octanol–water partition coefficient (Wildman–Crippen LogP) is 2.45. The largest absolute Gasteiger partial charge is 0.396 e. The highest BCUT2D eigenvalue weighted by molar-refractivity contribution is 9.10. The first-order valence-corrected chi connectivity index (χ1v) is 7.60. The lowest BCUT2D eigenvalue weighted by Crippen LogP contribution is -2.22. The maximum atomic E-state index is 11.2. The minimum atomic E-state index is -0.502. The molecular formula is C14H15BrClN3O2. The molecule has 0 radical (unpaired) electrons. The Labute approximate surface area is 135 Å². The van der Waals surface area contributed by atoms with Crippen LogP contribution in [0.2, 0.25) is 5.15 Å². The van der Waals surface area contributed by atoms with E-state index in [0.717, 1.165) is 16.5 Å². The molecule has 1 aromatic carbocycles. The third kappa shape index (κ3) is 5.15. The number of nitrogens with zero attached hydrogens (tertiary/aromatic N) is 1. The zero-order valence-electron chi connectivity index (χ0n) is 11.1. The molecule has 0 spiro atoms.